The maximum Gasteiger partial charge on any atom is 0.0721 e. The van der Waals surface area contributed by atoms with Gasteiger partial charge in [0.15, 0.2) is 0 Å². The number of benzene rings is 2. The van der Waals surface area contributed by atoms with Gasteiger partial charge in [-0.2, -0.15) is 0 Å². The molecule has 0 heterocycles. The van der Waals surface area contributed by atoms with E-state index in [0.717, 1.165) is 11.8 Å². The number of ether oxygens (including phenoxy) is 1. The molecule has 0 atom stereocenters. The van der Waals surface area contributed by atoms with Crippen molar-refractivity contribution < 1.29 is 4.74 Å². The monoisotopic (exact) mass is 388 g/mol. The topological polar surface area (TPSA) is 9.23 Å². The molecule has 1 fully saturated rings. The van der Waals surface area contributed by atoms with Crippen LogP contribution in [0.5, 0.6) is 0 Å². The predicted octanol–water partition coefficient (Wildman–Crippen LogP) is 8.08. The summed E-state index contributed by atoms with van der Waals surface area (Å²) in [7, 11) is 0. The average molecular weight is 389 g/mol. The summed E-state index contributed by atoms with van der Waals surface area (Å²) < 4.78 is 5.63. The molecule has 0 unspecified atom stereocenters. The zero-order valence-corrected chi connectivity index (χ0v) is 18.1. The van der Waals surface area contributed by atoms with Crippen LogP contribution >= 0.6 is 0 Å². The minimum atomic E-state index is 0.668. The summed E-state index contributed by atoms with van der Waals surface area (Å²) in [4.78, 5) is 0. The van der Waals surface area contributed by atoms with Gasteiger partial charge in [-0.25, -0.2) is 0 Å². The third-order valence-corrected chi connectivity index (χ3v) is 6.21. The molecule has 3 rings (SSSR count). The molecule has 0 aromatic heterocycles. The molecule has 1 saturated carbocycles. The van der Waals surface area contributed by atoms with E-state index in [1.54, 1.807) is 0 Å². The molecule has 2 aromatic carbocycles. The molecule has 1 nitrogen and oxygen atoms in total. The molecule has 1 aliphatic rings. The van der Waals surface area contributed by atoms with E-state index in [1.807, 2.05) is 19.1 Å². The van der Waals surface area contributed by atoms with Crippen LogP contribution in [0.4, 0.5) is 0 Å². The minimum Gasteiger partial charge on any atom is -0.373 e. The second-order valence-electron chi connectivity index (χ2n) is 8.27. The van der Waals surface area contributed by atoms with Crippen molar-refractivity contribution in [2.75, 3.05) is 6.61 Å². The van der Waals surface area contributed by atoms with E-state index in [0.29, 0.717) is 13.2 Å². The second kappa shape index (κ2) is 11.8. The van der Waals surface area contributed by atoms with Gasteiger partial charge in [0, 0.05) is 0 Å². The summed E-state index contributed by atoms with van der Waals surface area (Å²) in [5.41, 5.74) is 5.33. The third-order valence-electron chi connectivity index (χ3n) is 6.21. The first-order valence-electron chi connectivity index (χ1n) is 11.3. The van der Waals surface area contributed by atoms with E-state index in [-0.39, 0.29) is 0 Å². The average Bonchev–Trinajstić information content (AvgIpc) is 2.78. The van der Waals surface area contributed by atoms with E-state index < -0.39 is 0 Å². The van der Waals surface area contributed by atoms with Crippen LogP contribution < -0.4 is 0 Å². The largest absolute Gasteiger partial charge is 0.373 e. The van der Waals surface area contributed by atoms with Gasteiger partial charge in [0.05, 0.1) is 13.2 Å². The lowest BCUT2D eigenvalue weighted by molar-refractivity contribution is 0.148. The van der Waals surface area contributed by atoms with Crippen molar-refractivity contribution >= 4 is 0 Å². The molecule has 0 aliphatic heterocycles. The van der Waals surface area contributed by atoms with E-state index in [4.69, 9.17) is 4.74 Å². The van der Waals surface area contributed by atoms with Gasteiger partial charge in [0.2, 0.25) is 0 Å². The number of allylic oxidation sites excluding steroid dienone is 3. The highest BCUT2D eigenvalue weighted by Gasteiger charge is 2.21. The molecule has 0 radical (unpaired) electrons. The molecule has 0 bridgehead atoms. The van der Waals surface area contributed by atoms with Gasteiger partial charge < -0.3 is 4.74 Å². The zero-order chi connectivity index (χ0) is 20.3. The van der Waals surface area contributed by atoms with Gasteiger partial charge in [-0.1, -0.05) is 72.8 Å². The summed E-state index contributed by atoms with van der Waals surface area (Å²) in [6, 6.07) is 18.1. The highest BCUT2D eigenvalue weighted by molar-refractivity contribution is 5.64. The molecule has 1 aliphatic carbocycles. The zero-order valence-electron chi connectivity index (χ0n) is 18.1. The maximum atomic E-state index is 5.63. The van der Waals surface area contributed by atoms with Crippen LogP contribution in [-0.4, -0.2) is 6.61 Å². The standard InChI is InChI=1S/C28H36O/c1-3-5-7-8-23-9-13-25(14-10-23)27-17-19-28(20-18-27)26-15-11-24(12-16-26)22-29-21-6-4-2/h3-6,11-12,15-20,23,25H,7-10,13-14,21-22H2,1-2H3/t23-,25-. The van der Waals surface area contributed by atoms with Crippen molar-refractivity contribution in [3.63, 3.8) is 0 Å². The van der Waals surface area contributed by atoms with Crippen molar-refractivity contribution in [1.29, 1.82) is 0 Å². The number of rotatable bonds is 9. The van der Waals surface area contributed by atoms with Crippen molar-refractivity contribution in [3.05, 3.63) is 84.0 Å². The molecule has 2 aromatic rings. The fourth-order valence-electron chi connectivity index (χ4n) is 4.37. The lowest BCUT2D eigenvalue weighted by Crippen LogP contribution is -2.13. The van der Waals surface area contributed by atoms with Crippen LogP contribution in [0.3, 0.4) is 0 Å². The Kier molecular flexibility index (Phi) is 8.77. The predicted molar refractivity (Wildman–Crippen MR) is 125 cm³/mol. The number of hydrogen-bond acceptors (Lipinski definition) is 1. The molecule has 1 heteroatoms. The Labute approximate surface area is 177 Å². The smallest absolute Gasteiger partial charge is 0.0721 e. The van der Waals surface area contributed by atoms with Crippen molar-refractivity contribution in [1.82, 2.24) is 0 Å². The first-order chi connectivity index (χ1) is 14.3. The van der Waals surface area contributed by atoms with E-state index in [9.17, 15) is 0 Å². The van der Waals surface area contributed by atoms with Gasteiger partial charge in [0.25, 0.3) is 0 Å². The van der Waals surface area contributed by atoms with Crippen LogP contribution in [-0.2, 0) is 11.3 Å². The van der Waals surface area contributed by atoms with Crippen LogP contribution in [0.15, 0.2) is 72.8 Å². The Bertz CT molecular complexity index is 759. The second-order valence-corrected chi connectivity index (χ2v) is 8.27. The molecule has 0 amide bonds. The van der Waals surface area contributed by atoms with Gasteiger partial charge in [-0.05, 0) is 86.5 Å². The normalized spacial score (nSPS) is 19.9. The Morgan fingerprint density at radius 2 is 1.41 bits per heavy atom. The van der Waals surface area contributed by atoms with E-state index in [1.165, 1.54) is 60.8 Å². The van der Waals surface area contributed by atoms with Crippen LogP contribution in [0, 0.1) is 5.92 Å². The fourth-order valence-corrected chi connectivity index (χ4v) is 4.37. The Morgan fingerprint density at radius 1 is 0.793 bits per heavy atom. The molecule has 29 heavy (non-hydrogen) atoms. The van der Waals surface area contributed by atoms with Crippen LogP contribution in [0.1, 0.15) is 69.4 Å². The summed E-state index contributed by atoms with van der Waals surface area (Å²) in [5, 5.41) is 0. The SMILES string of the molecule is CC=CCC[C@H]1CC[C@H](c2ccc(-c3ccc(COCC=CC)cc3)cc2)CC1. The fraction of sp³-hybridized carbons (Fsp3) is 0.429. The van der Waals surface area contributed by atoms with Crippen molar-refractivity contribution in [3.8, 4) is 11.1 Å². The van der Waals surface area contributed by atoms with Gasteiger partial charge in [-0.3, -0.25) is 0 Å². The summed E-state index contributed by atoms with van der Waals surface area (Å²) >= 11 is 0. The van der Waals surface area contributed by atoms with Crippen molar-refractivity contribution in [2.24, 2.45) is 5.92 Å². The first-order valence-corrected chi connectivity index (χ1v) is 11.3. The van der Waals surface area contributed by atoms with E-state index >= 15 is 0 Å². The Hall–Kier alpha value is -2.12. The molecule has 0 saturated heterocycles. The molecule has 154 valence electrons. The molecular formula is C28H36O. The van der Waals surface area contributed by atoms with Gasteiger partial charge in [-0.15, -0.1) is 0 Å². The minimum absolute atomic E-state index is 0.668. The molecule has 0 N–H and O–H groups in total. The van der Waals surface area contributed by atoms with Crippen LogP contribution in [0.25, 0.3) is 11.1 Å². The Balaban J connectivity index is 1.51. The summed E-state index contributed by atoms with van der Waals surface area (Å²) in [6.45, 7) is 5.48. The quantitative estimate of drug-likeness (QED) is 0.311. The van der Waals surface area contributed by atoms with Gasteiger partial charge >= 0.3 is 0 Å². The van der Waals surface area contributed by atoms with Gasteiger partial charge in [0.1, 0.15) is 0 Å². The summed E-state index contributed by atoms with van der Waals surface area (Å²) in [6.07, 6.45) is 16.6. The summed E-state index contributed by atoms with van der Waals surface area (Å²) in [5.74, 6) is 1.68. The Morgan fingerprint density at radius 3 is 2.03 bits per heavy atom. The lowest BCUT2D eigenvalue weighted by atomic mass is 9.77. The van der Waals surface area contributed by atoms with Crippen LogP contribution in [0.2, 0.25) is 0 Å². The van der Waals surface area contributed by atoms with E-state index in [2.05, 4.69) is 67.6 Å². The highest BCUT2D eigenvalue weighted by Crippen LogP contribution is 2.38. The maximum absolute atomic E-state index is 5.63. The molecular weight excluding hydrogens is 352 g/mol. The molecule has 0 spiro atoms. The third kappa shape index (κ3) is 6.72. The van der Waals surface area contributed by atoms with Crippen molar-refractivity contribution in [2.45, 2.75) is 64.9 Å². The lowest BCUT2D eigenvalue weighted by Gasteiger charge is -2.28. The first kappa shape index (κ1) is 21.6. The highest BCUT2D eigenvalue weighted by atomic mass is 16.5. The number of hydrogen-bond donors (Lipinski definition) is 0.